The molecule has 0 spiro atoms. The van der Waals surface area contributed by atoms with Crippen LogP contribution in [0.3, 0.4) is 0 Å². The third kappa shape index (κ3) is 4.54. The number of benzene rings is 1. The van der Waals surface area contributed by atoms with Crippen molar-refractivity contribution in [1.82, 2.24) is 5.32 Å². The van der Waals surface area contributed by atoms with Gasteiger partial charge in [-0.1, -0.05) is 26.0 Å². The molecule has 0 radical (unpaired) electrons. The molecule has 1 aliphatic carbocycles. The Morgan fingerprint density at radius 1 is 1.11 bits per heavy atom. The molecule has 106 valence electrons. The summed E-state index contributed by atoms with van der Waals surface area (Å²) in [6.45, 7) is 7.74. The highest BCUT2D eigenvalue weighted by atomic mass is 16.5. The summed E-state index contributed by atoms with van der Waals surface area (Å²) >= 11 is 0. The lowest BCUT2D eigenvalue weighted by atomic mass is 10.1. The van der Waals surface area contributed by atoms with Crippen LogP contribution in [0, 0.1) is 5.92 Å². The van der Waals surface area contributed by atoms with E-state index in [2.05, 4.69) is 50.4 Å². The van der Waals surface area contributed by atoms with Gasteiger partial charge in [0, 0.05) is 6.04 Å². The maximum atomic E-state index is 5.99. The first-order valence-electron chi connectivity index (χ1n) is 7.65. The van der Waals surface area contributed by atoms with E-state index in [0.29, 0.717) is 18.1 Å². The first kappa shape index (κ1) is 14.4. The van der Waals surface area contributed by atoms with E-state index in [1.807, 2.05) is 0 Å². The highest BCUT2D eigenvalue weighted by Crippen LogP contribution is 2.25. The lowest BCUT2D eigenvalue weighted by Gasteiger charge is -2.17. The van der Waals surface area contributed by atoms with E-state index in [9.17, 15) is 0 Å². The molecule has 2 heteroatoms. The van der Waals surface area contributed by atoms with Crippen LogP contribution in [0.1, 0.15) is 58.1 Å². The van der Waals surface area contributed by atoms with Crippen LogP contribution in [0.4, 0.5) is 0 Å². The number of nitrogens with one attached hydrogen (secondary N) is 1. The molecule has 1 N–H and O–H groups in total. The molecular formula is C17H27NO. The maximum Gasteiger partial charge on any atom is 0.119 e. The topological polar surface area (TPSA) is 21.3 Å². The van der Waals surface area contributed by atoms with Crippen molar-refractivity contribution in [3.8, 4) is 5.75 Å². The van der Waals surface area contributed by atoms with E-state index in [0.717, 1.165) is 12.3 Å². The zero-order valence-electron chi connectivity index (χ0n) is 12.5. The molecule has 1 aromatic carbocycles. The first-order valence-corrected chi connectivity index (χ1v) is 7.65. The molecule has 1 aliphatic rings. The van der Waals surface area contributed by atoms with Crippen LogP contribution in [0.15, 0.2) is 24.3 Å². The molecule has 1 fully saturated rings. The van der Waals surface area contributed by atoms with Crippen LogP contribution in [0.5, 0.6) is 5.75 Å². The minimum Gasteiger partial charge on any atom is -0.490 e. The predicted octanol–water partition coefficient (Wildman–Crippen LogP) is 4.31. The molecule has 0 saturated heterocycles. The molecule has 1 saturated carbocycles. The lowest BCUT2D eigenvalue weighted by Crippen LogP contribution is -2.23. The normalized spacial score (nSPS) is 17.9. The van der Waals surface area contributed by atoms with Crippen LogP contribution in [0.25, 0.3) is 0 Å². The number of rotatable bonds is 6. The molecule has 2 nitrogen and oxygen atoms in total. The Morgan fingerprint density at radius 3 is 2.32 bits per heavy atom. The van der Waals surface area contributed by atoms with Gasteiger partial charge >= 0.3 is 0 Å². The summed E-state index contributed by atoms with van der Waals surface area (Å²) in [6.07, 6.45) is 5.52. The molecule has 0 aliphatic heterocycles. The summed E-state index contributed by atoms with van der Waals surface area (Å²) in [7, 11) is 0. The molecule has 0 bridgehead atoms. The van der Waals surface area contributed by atoms with Crippen LogP contribution in [-0.4, -0.2) is 12.6 Å². The van der Waals surface area contributed by atoms with Crippen LogP contribution >= 0.6 is 0 Å². The quantitative estimate of drug-likeness (QED) is 0.823. The average Bonchev–Trinajstić information content (AvgIpc) is 2.89. The highest BCUT2D eigenvalue weighted by molar-refractivity contribution is 5.29. The van der Waals surface area contributed by atoms with Gasteiger partial charge in [-0.15, -0.1) is 0 Å². The summed E-state index contributed by atoms with van der Waals surface area (Å²) in [5.74, 6) is 1.71. The van der Waals surface area contributed by atoms with Gasteiger partial charge in [0.15, 0.2) is 0 Å². The zero-order valence-corrected chi connectivity index (χ0v) is 12.5. The Labute approximate surface area is 117 Å². The Hall–Kier alpha value is -1.02. The first-order chi connectivity index (χ1) is 9.15. The number of hydrogen-bond acceptors (Lipinski definition) is 2. The van der Waals surface area contributed by atoms with Crippen molar-refractivity contribution in [3.05, 3.63) is 29.8 Å². The third-order valence-electron chi connectivity index (χ3n) is 3.82. The van der Waals surface area contributed by atoms with Crippen LogP contribution in [0.2, 0.25) is 0 Å². The summed E-state index contributed by atoms with van der Waals surface area (Å²) in [5, 5.41) is 3.55. The van der Waals surface area contributed by atoms with Crippen molar-refractivity contribution in [3.63, 3.8) is 0 Å². The van der Waals surface area contributed by atoms with Gasteiger partial charge in [-0.25, -0.2) is 0 Å². The molecule has 2 rings (SSSR count). The van der Waals surface area contributed by atoms with Crippen molar-refractivity contribution < 1.29 is 4.74 Å². The second-order valence-electron chi connectivity index (χ2n) is 6.12. The second kappa shape index (κ2) is 6.95. The summed E-state index contributed by atoms with van der Waals surface area (Å²) in [4.78, 5) is 0. The zero-order chi connectivity index (χ0) is 13.7. The van der Waals surface area contributed by atoms with Gasteiger partial charge in [0.1, 0.15) is 5.75 Å². The molecule has 19 heavy (non-hydrogen) atoms. The third-order valence-corrected chi connectivity index (χ3v) is 3.82. The van der Waals surface area contributed by atoms with Gasteiger partial charge in [-0.2, -0.15) is 0 Å². The van der Waals surface area contributed by atoms with Crippen molar-refractivity contribution >= 4 is 0 Å². The SMILES string of the molecule is CC(C)CNC(C)c1ccc(OC2CCCC2)cc1. The van der Waals surface area contributed by atoms with Crippen molar-refractivity contribution in [2.24, 2.45) is 5.92 Å². The fraction of sp³-hybridized carbons (Fsp3) is 0.647. The summed E-state index contributed by atoms with van der Waals surface area (Å²) in [6, 6.07) is 9.00. The molecule has 1 aromatic rings. The van der Waals surface area contributed by atoms with Gasteiger partial charge in [0.2, 0.25) is 0 Å². The molecule has 0 amide bonds. The second-order valence-corrected chi connectivity index (χ2v) is 6.12. The van der Waals surface area contributed by atoms with Crippen molar-refractivity contribution in [2.45, 2.75) is 58.6 Å². The van der Waals surface area contributed by atoms with Crippen molar-refractivity contribution in [2.75, 3.05) is 6.54 Å². The Kier molecular flexibility index (Phi) is 5.26. The summed E-state index contributed by atoms with van der Waals surface area (Å²) < 4.78 is 5.99. The monoisotopic (exact) mass is 261 g/mol. The van der Waals surface area contributed by atoms with E-state index in [-0.39, 0.29) is 0 Å². The van der Waals surface area contributed by atoms with Gasteiger partial charge in [0.25, 0.3) is 0 Å². The Morgan fingerprint density at radius 2 is 1.74 bits per heavy atom. The number of hydrogen-bond donors (Lipinski definition) is 1. The largest absolute Gasteiger partial charge is 0.490 e. The minimum atomic E-state index is 0.405. The Balaban J connectivity index is 1.86. The molecule has 0 heterocycles. The fourth-order valence-electron chi connectivity index (χ4n) is 2.56. The molecule has 0 aromatic heterocycles. The lowest BCUT2D eigenvalue weighted by molar-refractivity contribution is 0.210. The highest BCUT2D eigenvalue weighted by Gasteiger charge is 2.16. The maximum absolute atomic E-state index is 5.99. The molecular weight excluding hydrogens is 234 g/mol. The van der Waals surface area contributed by atoms with E-state index in [1.54, 1.807) is 0 Å². The van der Waals surface area contributed by atoms with Gasteiger partial charge in [-0.3, -0.25) is 0 Å². The predicted molar refractivity (Wildman–Crippen MR) is 80.6 cm³/mol. The number of ether oxygens (including phenoxy) is 1. The molecule has 1 atom stereocenters. The van der Waals surface area contributed by atoms with Gasteiger partial charge in [-0.05, 0) is 62.8 Å². The van der Waals surface area contributed by atoms with Crippen LogP contribution < -0.4 is 10.1 Å². The standard InChI is InChI=1S/C17H27NO/c1-13(2)12-18-14(3)15-8-10-17(11-9-15)19-16-6-4-5-7-16/h8-11,13-14,16,18H,4-7,12H2,1-3H3. The summed E-state index contributed by atoms with van der Waals surface area (Å²) in [5.41, 5.74) is 1.33. The van der Waals surface area contributed by atoms with Crippen LogP contribution in [-0.2, 0) is 0 Å². The van der Waals surface area contributed by atoms with Gasteiger partial charge < -0.3 is 10.1 Å². The minimum absolute atomic E-state index is 0.405. The molecule has 1 unspecified atom stereocenters. The average molecular weight is 261 g/mol. The fourth-order valence-corrected chi connectivity index (χ4v) is 2.56. The van der Waals surface area contributed by atoms with E-state index in [4.69, 9.17) is 4.74 Å². The van der Waals surface area contributed by atoms with Gasteiger partial charge in [0.05, 0.1) is 6.10 Å². The van der Waals surface area contributed by atoms with E-state index >= 15 is 0 Å². The Bertz CT molecular complexity index is 365. The van der Waals surface area contributed by atoms with E-state index in [1.165, 1.54) is 31.2 Å². The van der Waals surface area contributed by atoms with Crippen molar-refractivity contribution in [1.29, 1.82) is 0 Å². The smallest absolute Gasteiger partial charge is 0.119 e. The van der Waals surface area contributed by atoms with E-state index < -0.39 is 0 Å².